The van der Waals surface area contributed by atoms with Crippen molar-refractivity contribution in [3.63, 3.8) is 0 Å². The lowest BCUT2D eigenvalue weighted by Crippen LogP contribution is -2.29. The maximum absolute atomic E-state index is 12.7. The molecule has 0 aliphatic carbocycles. The summed E-state index contributed by atoms with van der Waals surface area (Å²) in [5, 5.41) is 0. The first kappa shape index (κ1) is 71.2. The summed E-state index contributed by atoms with van der Waals surface area (Å²) in [6, 6.07) is 0. The van der Waals surface area contributed by atoms with Crippen LogP contribution in [0.1, 0.15) is 232 Å². The SMILES string of the molecule is CC/C=C\C/C=C\C/C=C\C/C=C\C/C=C\C/C=C\CCCCCCCCCCCCCCCCCCCCCCC(=O)OC(COC(=O)C/C=C\C/C=C\C/C=C\C/C=C\C/C=C\CC)COP(=O)(O)OCCN. The Morgan fingerprint density at radius 3 is 1.09 bits per heavy atom. The average Bonchev–Trinajstić information content (AvgIpc) is 3.40. The molecule has 0 aromatic rings. The van der Waals surface area contributed by atoms with E-state index in [9.17, 15) is 19.0 Å². The number of hydrogen-bond acceptors (Lipinski definition) is 8. The zero-order valence-corrected chi connectivity index (χ0v) is 48.4. The lowest BCUT2D eigenvalue weighted by Gasteiger charge is -2.19. The maximum atomic E-state index is 12.7. The Bertz CT molecular complexity index is 1680. The van der Waals surface area contributed by atoms with Crippen molar-refractivity contribution < 1.29 is 37.6 Å². The quantitative estimate of drug-likeness (QED) is 0.0264. The highest BCUT2D eigenvalue weighted by atomic mass is 31.2. The third kappa shape index (κ3) is 59.3. The number of ether oxygens (including phenoxy) is 2. The Balaban J connectivity index is 3.89. The summed E-state index contributed by atoms with van der Waals surface area (Å²) in [5.74, 6) is -0.978. The molecule has 75 heavy (non-hydrogen) atoms. The fraction of sp³-hybridized carbons (Fsp3) is 0.631. The largest absolute Gasteiger partial charge is 0.472 e. The third-order valence-corrected chi connectivity index (χ3v) is 13.0. The van der Waals surface area contributed by atoms with Gasteiger partial charge < -0.3 is 20.1 Å². The van der Waals surface area contributed by atoms with Crippen LogP contribution < -0.4 is 5.73 Å². The Morgan fingerprint density at radius 2 is 0.733 bits per heavy atom. The molecule has 0 aliphatic rings. The summed E-state index contributed by atoms with van der Waals surface area (Å²) >= 11 is 0. The molecule has 0 bridgehead atoms. The highest BCUT2D eigenvalue weighted by Gasteiger charge is 2.26. The van der Waals surface area contributed by atoms with Crippen molar-refractivity contribution in [1.29, 1.82) is 0 Å². The molecule has 426 valence electrons. The van der Waals surface area contributed by atoms with Gasteiger partial charge in [-0.1, -0.05) is 263 Å². The molecule has 0 saturated carbocycles. The molecular weight excluding hydrogens is 954 g/mol. The Hall–Kier alpha value is -3.85. The van der Waals surface area contributed by atoms with E-state index in [4.69, 9.17) is 24.3 Å². The molecule has 0 aromatic carbocycles. The number of phosphoric ester groups is 1. The molecule has 9 nitrogen and oxygen atoms in total. The van der Waals surface area contributed by atoms with Gasteiger partial charge in [-0.05, 0) is 89.9 Å². The molecule has 2 unspecified atom stereocenters. The summed E-state index contributed by atoms with van der Waals surface area (Å²) in [6.45, 7) is 3.39. The second-order valence-corrected chi connectivity index (χ2v) is 20.6. The minimum Gasteiger partial charge on any atom is -0.461 e. The number of hydrogen-bond donors (Lipinski definition) is 2. The second kappa shape index (κ2) is 59.4. The summed E-state index contributed by atoms with van der Waals surface area (Å²) in [7, 11) is -4.41. The van der Waals surface area contributed by atoms with Gasteiger partial charge in [-0.15, -0.1) is 0 Å². The molecule has 0 radical (unpaired) electrons. The molecule has 0 spiro atoms. The molecule has 3 N–H and O–H groups in total. The number of esters is 2. The first-order chi connectivity index (χ1) is 36.8. The average molecular weight is 1060 g/mol. The van der Waals surface area contributed by atoms with Crippen molar-refractivity contribution in [3.8, 4) is 0 Å². The fourth-order valence-electron chi connectivity index (χ4n) is 7.77. The summed E-state index contributed by atoms with van der Waals surface area (Å²) in [6.07, 6.45) is 84.2. The number of unbranched alkanes of at least 4 members (excludes halogenated alkanes) is 20. The molecule has 0 fully saturated rings. The van der Waals surface area contributed by atoms with E-state index in [1.165, 1.54) is 109 Å². The van der Waals surface area contributed by atoms with Crippen molar-refractivity contribution >= 4 is 19.8 Å². The van der Waals surface area contributed by atoms with E-state index in [1.54, 1.807) is 6.08 Å². The molecule has 0 aliphatic heterocycles. The van der Waals surface area contributed by atoms with Gasteiger partial charge in [-0.25, -0.2) is 4.57 Å². The molecule has 0 rings (SSSR count). The van der Waals surface area contributed by atoms with Crippen molar-refractivity contribution in [2.45, 2.75) is 238 Å². The lowest BCUT2D eigenvalue weighted by atomic mass is 10.0. The van der Waals surface area contributed by atoms with Crippen molar-refractivity contribution in [2.24, 2.45) is 5.73 Å². The summed E-state index contributed by atoms with van der Waals surface area (Å²) in [4.78, 5) is 35.0. The van der Waals surface area contributed by atoms with Crippen molar-refractivity contribution in [2.75, 3.05) is 26.4 Å². The van der Waals surface area contributed by atoms with Gasteiger partial charge in [0.2, 0.25) is 0 Å². The summed E-state index contributed by atoms with van der Waals surface area (Å²) in [5.41, 5.74) is 5.37. The van der Waals surface area contributed by atoms with Gasteiger partial charge in [0.05, 0.1) is 19.6 Å². The van der Waals surface area contributed by atoms with Gasteiger partial charge >= 0.3 is 19.8 Å². The van der Waals surface area contributed by atoms with Crippen molar-refractivity contribution in [1.82, 2.24) is 0 Å². The van der Waals surface area contributed by atoms with Gasteiger partial charge in [0, 0.05) is 13.0 Å². The van der Waals surface area contributed by atoms with Crippen LogP contribution >= 0.6 is 7.82 Å². The number of rotatable bonds is 54. The zero-order chi connectivity index (χ0) is 54.5. The first-order valence-electron chi connectivity index (χ1n) is 29.7. The Morgan fingerprint density at radius 1 is 0.413 bits per heavy atom. The molecule has 0 amide bonds. The fourth-order valence-corrected chi connectivity index (χ4v) is 8.54. The van der Waals surface area contributed by atoms with Crippen LogP contribution in [-0.4, -0.2) is 49.3 Å². The van der Waals surface area contributed by atoms with Crippen LogP contribution in [0.3, 0.4) is 0 Å². The van der Waals surface area contributed by atoms with Gasteiger partial charge in [0.1, 0.15) is 6.61 Å². The van der Waals surface area contributed by atoms with Crippen LogP contribution in [0.4, 0.5) is 0 Å². The predicted octanol–water partition coefficient (Wildman–Crippen LogP) is 19.0. The number of phosphoric acid groups is 1. The van der Waals surface area contributed by atoms with Gasteiger partial charge in [-0.3, -0.25) is 18.6 Å². The maximum Gasteiger partial charge on any atom is 0.472 e. The first-order valence-corrected chi connectivity index (χ1v) is 31.2. The van der Waals surface area contributed by atoms with Crippen LogP contribution in [0, 0.1) is 0 Å². The number of nitrogens with two attached hydrogens (primary N) is 1. The predicted molar refractivity (Wildman–Crippen MR) is 320 cm³/mol. The Kier molecular flexibility index (Phi) is 56.3. The van der Waals surface area contributed by atoms with Crippen LogP contribution in [0.25, 0.3) is 0 Å². The number of carbonyl (C=O) groups excluding carboxylic acids is 2. The highest BCUT2D eigenvalue weighted by molar-refractivity contribution is 7.47. The van der Waals surface area contributed by atoms with Crippen LogP contribution in [0.5, 0.6) is 0 Å². The minimum absolute atomic E-state index is 0.0373. The minimum atomic E-state index is -4.41. The topological polar surface area (TPSA) is 134 Å². The van der Waals surface area contributed by atoms with Crippen molar-refractivity contribution in [3.05, 3.63) is 134 Å². The zero-order valence-electron chi connectivity index (χ0n) is 47.5. The van der Waals surface area contributed by atoms with Gasteiger partial charge in [0.15, 0.2) is 6.10 Å². The van der Waals surface area contributed by atoms with Crippen LogP contribution in [0.2, 0.25) is 0 Å². The molecule has 0 heterocycles. The highest BCUT2D eigenvalue weighted by Crippen LogP contribution is 2.43. The molecule has 0 saturated heterocycles. The normalized spacial score (nSPS) is 14.0. The second-order valence-electron chi connectivity index (χ2n) is 19.1. The van der Waals surface area contributed by atoms with Gasteiger partial charge in [-0.2, -0.15) is 0 Å². The third-order valence-electron chi connectivity index (χ3n) is 12.1. The Labute approximate surface area is 459 Å². The van der Waals surface area contributed by atoms with E-state index in [0.29, 0.717) is 12.8 Å². The lowest BCUT2D eigenvalue weighted by molar-refractivity contribution is -0.160. The van der Waals surface area contributed by atoms with E-state index in [1.807, 2.05) is 12.2 Å². The van der Waals surface area contributed by atoms with Crippen LogP contribution in [0.15, 0.2) is 134 Å². The smallest absolute Gasteiger partial charge is 0.461 e. The van der Waals surface area contributed by atoms with E-state index >= 15 is 0 Å². The standard InChI is InChI=1S/C65H108NO8P/c1-3-5-7-9-11-13-15-17-19-20-21-22-23-24-25-26-27-28-29-30-31-32-33-34-35-36-37-38-39-40-41-42-44-46-48-50-52-54-56-58-65(68)74-63(62-73-75(69,70)72-60-59-66)61-71-64(67)57-55-53-51-49-47-45-43-18-16-14-12-10-8-6-4-2/h5-8,11-14,17-19,21-22,24-25,27-28,43,47,49,53,55,63H,3-4,9-10,15-16,20,23,26,29-42,44-46,48,50-52,54,56-62,66H2,1-2H3,(H,69,70)/b7-5-,8-6-,13-11-,14-12-,19-17-,22-21-,25-24-,28-27-,43-18-,49-47-,55-53-. The molecular formula is C65H108NO8P. The molecule has 10 heteroatoms. The molecule has 0 aromatic heterocycles. The number of carbonyl (C=O) groups is 2. The van der Waals surface area contributed by atoms with E-state index < -0.39 is 32.5 Å². The van der Waals surface area contributed by atoms with E-state index in [0.717, 1.165) is 83.5 Å². The van der Waals surface area contributed by atoms with E-state index in [-0.39, 0.29) is 32.6 Å². The number of allylic oxidation sites excluding steroid dienone is 21. The van der Waals surface area contributed by atoms with E-state index in [2.05, 4.69) is 129 Å². The molecule has 2 atom stereocenters. The summed E-state index contributed by atoms with van der Waals surface area (Å²) < 4.78 is 32.8. The van der Waals surface area contributed by atoms with Gasteiger partial charge in [0.25, 0.3) is 0 Å². The monoisotopic (exact) mass is 1060 g/mol. The van der Waals surface area contributed by atoms with Crippen LogP contribution in [-0.2, 0) is 32.7 Å².